The first-order valence-electron chi connectivity index (χ1n) is 12.0. The van der Waals surface area contributed by atoms with E-state index in [2.05, 4.69) is 83.3 Å². The number of fused-ring (bicyclic) bond motifs is 5. The summed E-state index contributed by atoms with van der Waals surface area (Å²) in [5, 5.41) is 13.6. The van der Waals surface area contributed by atoms with Crippen LogP contribution in [0.3, 0.4) is 0 Å². The van der Waals surface area contributed by atoms with Crippen LogP contribution in [0.1, 0.15) is 21.8 Å². The zero-order chi connectivity index (χ0) is 23.4. The van der Waals surface area contributed by atoms with E-state index in [9.17, 15) is 4.79 Å². The molecule has 0 fully saturated rings. The fraction of sp³-hybridized carbons (Fsp3) is 0.0625. The summed E-state index contributed by atoms with van der Waals surface area (Å²) in [6.45, 7) is 0.602. The summed E-state index contributed by atoms with van der Waals surface area (Å²) in [7, 11) is 0. The summed E-state index contributed by atoms with van der Waals surface area (Å²) >= 11 is 0. The Labute approximate surface area is 202 Å². The zero-order valence-electron chi connectivity index (χ0n) is 19.0. The van der Waals surface area contributed by atoms with Gasteiger partial charge in [-0.15, -0.1) is 0 Å². The maximum absolute atomic E-state index is 14.2. The molecule has 3 heteroatoms. The van der Waals surface area contributed by atoms with Crippen LogP contribution in [0.4, 0.5) is 0 Å². The molecule has 1 atom stereocenters. The minimum atomic E-state index is -0.135. The quantitative estimate of drug-likeness (QED) is 0.176. The van der Waals surface area contributed by atoms with Crippen molar-refractivity contribution in [1.82, 2.24) is 5.43 Å². The molecule has 35 heavy (non-hydrogen) atoms. The molecule has 6 aromatic rings. The van der Waals surface area contributed by atoms with Crippen LogP contribution in [-0.2, 0) is 0 Å². The number of hydrogen-bond acceptors (Lipinski definition) is 3. The normalized spacial score (nSPS) is 15.5. The highest BCUT2D eigenvalue weighted by Crippen LogP contribution is 2.37. The average molecular weight is 451 g/mol. The van der Waals surface area contributed by atoms with Gasteiger partial charge in [0.25, 0.3) is 0 Å². The van der Waals surface area contributed by atoms with Crippen molar-refractivity contribution in [3.05, 3.63) is 120 Å². The van der Waals surface area contributed by atoms with Crippen LogP contribution in [0.2, 0.25) is 0 Å². The van der Waals surface area contributed by atoms with Gasteiger partial charge in [0.15, 0.2) is 0 Å². The van der Waals surface area contributed by atoms with Gasteiger partial charge in [0, 0.05) is 12.1 Å². The molecule has 0 saturated heterocycles. The molecule has 0 spiro atoms. The van der Waals surface area contributed by atoms with E-state index in [1.165, 1.54) is 27.1 Å². The molecule has 3 nitrogen and oxygen atoms in total. The SMILES string of the molecule is O=C(C1=NNC[C@@H]1c1c2ccccc2cc2ccccc12)c1cc2ccccc2c2ccccc12. The summed E-state index contributed by atoms with van der Waals surface area (Å²) in [6, 6.07) is 37.5. The van der Waals surface area contributed by atoms with Gasteiger partial charge in [-0.05, 0) is 60.8 Å². The van der Waals surface area contributed by atoms with E-state index < -0.39 is 0 Å². The van der Waals surface area contributed by atoms with Crippen molar-refractivity contribution in [2.24, 2.45) is 5.10 Å². The molecule has 1 aliphatic heterocycles. The lowest BCUT2D eigenvalue weighted by molar-refractivity contribution is 0.106. The van der Waals surface area contributed by atoms with Gasteiger partial charge < -0.3 is 5.43 Å². The molecule has 1 heterocycles. The molecule has 0 bridgehead atoms. The van der Waals surface area contributed by atoms with Crippen LogP contribution in [0, 0.1) is 0 Å². The van der Waals surface area contributed by atoms with E-state index in [0.717, 1.165) is 21.5 Å². The van der Waals surface area contributed by atoms with Gasteiger partial charge in [0.1, 0.15) is 5.71 Å². The number of carbonyl (C=O) groups excluding carboxylic acids is 1. The number of hydrogen-bond donors (Lipinski definition) is 1. The third-order valence-electron chi connectivity index (χ3n) is 7.23. The van der Waals surface area contributed by atoms with Gasteiger partial charge in [-0.2, -0.15) is 5.10 Å². The Morgan fingerprint density at radius 3 is 1.80 bits per heavy atom. The van der Waals surface area contributed by atoms with E-state index in [-0.39, 0.29) is 11.7 Å². The first-order chi connectivity index (χ1) is 17.3. The molecule has 6 aromatic carbocycles. The summed E-state index contributed by atoms with van der Waals surface area (Å²) in [6.07, 6.45) is 0. The fourth-order valence-electron chi connectivity index (χ4n) is 5.65. The highest BCUT2D eigenvalue weighted by atomic mass is 16.1. The third kappa shape index (κ3) is 3.05. The van der Waals surface area contributed by atoms with Gasteiger partial charge in [0.2, 0.25) is 5.78 Å². The molecule has 1 aliphatic rings. The smallest absolute Gasteiger partial charge is 0.210 e. The van der Waals surface area contributed by atoms with E-state index in [4.69, 9.17) is 0 Å². The maximum Gasteiger partial charge on any atom is 0.210 e. The highest BCUT2D eigenvalue weighted by molar-refractivity contribution is 6.50. The second-order valence-corrected chi connectivity index (χ2v) is 9.16. The van der Waals surface area contributed by atoms with Crippen LogP contribution in [0.5, 0.6) is 0 Å². The molecular weight excluding hydrogens is 428 g/mol. The van der Waals surface area contributed by atoms with E-state index in [1.54, 1.807) is 0 Å². The largest absolute Gasteiger partial charge is 0.309 e. The Morgan fingerprint density at radius 2 is 1.14 bits per heavy atom. The van der Waals surface area contributed by atoms with Crippen molar-refractivity contribution in [2.45, 2.75) is 5.92 Å². The molecule has 166 valence electrons. The molecule has 7 rings (SSSR count). The molecule has 0 saturated carbocycles. The van der Waals surface area contributed by atoms with Gasteiger partial charge in [-0.25, -0.2) is 0 Å². The van der Waals surface area contributed by atoms with Crippen molar-refractivity contribution in [3.8, 4) is 0 Å². The van der Waals surface area contributed by atoms with Gasteiger partial charge in [-0.1, -0.05) is 97.1 Å². The number of nitrogens with one attached hydrogen (secondary N) is 1. The van der Waals surface area contributed by atoms with Crippen molar-refractivity contribution in [1.29, 1.82) is 0 Å². The minimum absolute atomic E-state index is 0.0148. The second-order valence-electron chi connectivity index (χ2n) is 9.16. The number of ketones is 1. The first-order valence-corrected chi connectivity index (χ1v) is 12.0. The predicted molar refractivity (Wildman–Crippen MR) is 145 cm³/mol. The number of carbonyl (C=O) groups is 1. The van der Waals surface area contributed by atoms with Gasteiger partial charge >= 0.3 is 0 Å². The number of hydrazone groups is 1. The van der Waals surface area contributed by atoms with Crippen molar-refractivity contribution in [3.63, 3.8) is 0 Å². The molecule has 1 N–H and O–H groups in total. The Bertz CT molecular complexity index is 1780. The summed E-state index contributed by atoms with van der Waals surface area (Å²) in [4.78, 5) is 14.2. The molecular formula is C32H22N2O. The molecule has 0 aliphatic carbocycles. The maximum atomic E-state index is 14.2. The van der Waals surface area contributed by atoms with Crippen molar-refractivity contribution < 1.29 is 4.79 Å². The van der Waals surface area contributed by atoms with E-state index in [0.29, 0.717) is 17.8 Å². The number of benzene rings is 6. The zero-order valence-corrected chi connectivity index (χ0v) is 19.0. The molecule has 0 radical (unpaired) electrons. The third-order valence-corrected chi connectivity index (χ3v) is 7.23. The summed E-state index contributed by atoms with van der Waals surface area (Å²) in [5.74, 6) is -0.150. The van der Waals surface area contributed by atoms with E-state index in [1.807, 2.05) is 36.4 Å². The Kier molecular flexibility index (Phi) is 4.43. The lowest BCUT2D eigenvalue weighted by atomic mass is 9.83. The standard InChI is InChI=1S/C32H22N2O/c35-32(28-18-22-11-1-4-12-23(22)26-15-7-8-16-27(26)28)31-29(19-33-34-31)30-24-13-5-2-9-20(24)17-21-10-3-6-14-25(21)30/h1-18,29,33H,19H2/t29-/m1/s1. The molecule has 0 amide bonds. The monoisotopic (exact) mass is 450 g/mol. The van der Waals surface area contributed by atoms with E-state index >= 15 is 0 Å². The van der Waals surface area contributed by atoms with Gasteiger partial charge in [0.05, 0.1) is 5.92 Å². The Hall–Kier alpha value is -4.50. The topological polar surface area (TPSA) is 41.5 Å². The fourth-order valence-corrected chi connectivity index (χ4v) is 5.65. The second kappa shape index (κ2) is 7.78. The number of rotatable bonds is 3. The predicted octanol–water partition coefficient (Wildman–Crippen LogP) is 7.23. The van der Waals surface area contributed by atoms with Crippen molar-refractivity contribution >= 4 is 54.6 Å². The molecule has 0 unspecified atom stereocenters. The lowest BCUT2D eigenvalue weighted by Gasteiger charge is -2.18. The van der Waals surface area contributed by atoms with Crippen LogP contribution >= 0.6 is 0 Å². The Morgan fingerprint density at radius 1 is 0.629 bits per heavy atom. The average Bonchev–Trinajstić information content (AvgIpc) is 3.40. The Balaban J connectivity index is 1.45. The van der Waals surface area contributed by atoms with Crippen molar-refractivity contribution in [2.75, 3.05) is 6.54 Å². The lowest BCUT2D eigenvalue weighted by Crippen LogP contribution is -2.22. The van der Waals surface area contributed by atoms with Crippen LogP contribution < -0.4 is 5.43 Å². The minimum Gasteiger partial charge on any atom is -0.309 e. The van der Waals surface area contributed by atoms with Crippen LogP contribution in [-0.4, -0.2) is 18.0 Å². The number of nitrogens with zero attached hydrogens (tertiary/aromatic N) is 1. The summed E-state index contributed by atoms with van der Waals surface area (Å²) in [5.41, 5.74) is 5.60. The highest BCUT2D eigenvalue weighted by Gasteiger charge is 2.32. The summed E-state index contributed by atoms with van der Waals surface area (Å²) < 4.78 is 0. The first kappa shape index (κ1) is 19.9. The van der Waals surface area contributed by atoms with Gasteiger partial charge in [-0.3, -0.25) is 4.79 Å². The number of Topliss-reactive ketones (excluding diaryl/α,β-unsaturated/α-hetero) is 1. The molecule has 0 aromatic heterocycles. The van der Waals surface area contributed by atoms with Crippen LogP contribution in [0.15, 0.2) is 114 Å². The van der Waals surface area contributed by atoms with Crippen LogP contribution in [0.25, 0.3) is 43.1 Å².